The van der Waals surface area contributed by atoms with Gasteiger partial charge in [-0.3, -0.25) is 9.78 Å². The SMILES string of the molecule is CC(N)C(C)(C)NC(=O)c1cccnc1. The third kappa shape index (κ3) is 3.02. The molecule has 1 aromatic rings. The van der Waals surface area contributed by atoms with Crippen LogP contribution in [-0.4, -0.2) is 22.5 Å². The Bertz CT molecular complexity index is 333. The molecule has 0 aliphatic carbocycles. The highest BCUT2D eigenvalue weighted by Crippen LogP contribution is 2.08. The quantitative estimate of drug-likeness (QED) is 0.775. The van der Waals surface area contributed by atoms with Crippen LogP contribution >= 0.6 is 0 Å². The Labute approximate surface area is 89.9 Å². The lowest BCUT2D eigenvalue weighted by Crippen LogP contribution is -2.54. The third-order valence-electron chi connectivity index (χ3n) is 2.50. The van der Waals surface area contributed by atoms with Crippen LogP contribution in [0.25, 0.3) is 0 Å². The lowest BCUT2D eigenvalue weighted by molar-refractivity contribution is 0.0903. The highest BCUT2D eigenvalue weighted by atomic mass is 16.1. The summed E-state index contributed by atoms with van der Waals surface area (Å²) in [6.07, 6.45) is 3.17. The first-order valence-corrected chi connectivity index (χ1v) is 4.91. The molecule has 1 atom stereocenters. The molecule has 0 radical (unpaired) electrons. The summed E-state index contributed by atoms with van der Waals surface area (Å²) in [4.78, 5) is 15.6. The number of aromatic nitrogens is 1. The molecule has 0 fully saturated rings. The van der Waals surface area contributed by atoms with Crippen LogP contribution in [0.4, 0.5) is 0 Å². The van der Waals surface area contributed by atoms with E-state index in [2.05, 4.69) is 10.3 Å². The number of amides is 1. The highest BCUT2D eigenvalue weighted by Gasteiger charge is 2.25. The third-order valence-corrected chi connectivity index (χ3v) is 2.50. The summed E-state index contributed by atoms with van der Waals surface area (Å²) < 4.78 is 0. The van der Waals surface area contributed by atoms with Crippen molar-refractivity contribution in [3.63, 3.8) is 0 Å². The molecular formula is C11H17N3O. The Hall–Kier alpha value is -1.42. The van der Waals surface area contributed by atoms with E-state index < -0.39 is 5.54 Å². The van der Waals surface area contributed by atoms with E-state index in [0.717, 1.165) is 0 Å². The number of nitrogens with two attached hydrogens (primary N) is 1. The second kappa shape index (κ2) is 4.40. The smallest absolute Gasteiger partial charge is 0.253 e. The van der Waals surface area contributed by atoms with Crippen molar-refractivity contribution in [2.75, 3.05) is 0 Å². The minimum Gasteiger partial charge on any atom is -0.346 e. The summed E-state index contributed by atoms with van der Waals surface area (Å²) in [5.74, 6) is -0.148. The van der Waals surface area contributed by atoms with Crippen LogP contribution in [0.5, 0.6) is 0 Å². The summed E-state index contributed by atoms with van der Waals surface area (Å²) in [6, 6.07) is 3.34. The molecule has 0 saturated heterocycles. The van der Waals surface area contributed by atoms with Crippen molar-refractivity contribution in [2.45, 2.75) is 32.4 Å². The molecule has 0 bridgehead atoms. The van der Waals surface area contributed by atoms with Gasteiger partial charge in [0, 0.05) is 24.0 Å². The second-order valence-electron chi connectivity index (χ2n) is 4.21. The molecule has 1 unspecified atom stereocenters. The monoisotopic (exact) mass is 207 g/mol. The summed E-state index contributed by atoms with van der Waals surface area (Å²) >= 11 is 0. The maximum absolute atomic E-state index is 11.8. The average Bonchev–Trinajstić information content (AvgIpc) is 2.18. The molecular weight excluding hydrogens is 190 g/mol. The van der Waals surface area contributed by atoms with Crippen LogP contribution in [0.15, 0.2) is 24.5 Å². The maximum Gasteiger partial charge on any atom is 0.253 e. The van der Waals surface area contributed by atoms with Crippen LogP contribution in [-0.2, 0) is 0 Å². The first kappa shape index (κ1) is 11.7. The molecule has 3 N–H and O–H groups in total. The Morgan fingerprint density at radius 2 is 2.27 bits per heavy atom. The fourth-order valence-electron chi connectivity index (χ4n) is 0.976. The van der Waals surface area contributed by atoms with Crippen LogP contribution in [0.3, 0.4) is 0 Å². The largest absolute Gasteiger partial charge is 0.346 e. The molecule has 0 aromatic carbocycles. The zero-order valence-corrected chi connectivity index (χ0v) is 9.32. The minimum atomic E-state index is -0.424. The topological polar surface area (TPSA) is 68.0 Å². The Kier molecular flexibility index (Phi) is 3.42. The van der Waals surface area contributed by atoms with Crippen molar-refractivity contribution >= 4 is 5.91 Å². The standard InChI is InChI=1S/C11H17N3O/c1-8(12)11(2,3)14-10(15)9-5-4-6-13-7-9/h4-8H,12H2,1-3H3,(H,14,15). The molecule has 0 aliphatic rings. The van der Waals surface area contributed by atoms with Crippen LogP contribution in [0.2, 0.25) is 0 Å². The van der Waals surface area contributed by atoms with Crippen molar-refractivity contribution in [1.82, 2.24) is 10.3 Å². The van der Waals surface area contributed by atoms with E-state index >= 15 is 0 Å². The van der Waals surface area contributed by atoms with Gasteiger partial charge in [0.05, 0.1) is 5.56 Å². The van der Waals surface area contributed by atoms with E-state index in [1.165, 1.54) is 6.20 Å². The first-order valence-electron chi connectivity index (χ1n) is 4.91. The number of nitrogens with one attached hydrogen (secondary N) is 1. The van der Waals surface area contributed by atoms with Crippen molar-refractivity contribution in [1.29, 1.82) is 0 Å². The fraction of sp³-hybridized carbons (Fsp3) is 0.455. The number of carbonyl (C=O) groups excluding carboxylic acids is 1. The molecule has 0 aliphatic heterocycles. The lowest BCUT2D eigenvalue weighted by atomic mass is 9.96. The maximum atomic E-state index is 11.8. The van der Waals surface area contributed by atoms with Gasteiger partial charge in [0.2, 0.25) is 0 Å². The predicted octanol–water partition coefficient (Wildman–Crippen LogP) is 0.937. The van der Waals surface area contributed by atoms with Crippen molar-refractivity contribution < 1.29 is 4.79 Å². The number of hydrogen-bond acceptors (Lipinski definition) is 3. The van der Waals surface area contributed by atoms with Crippen molar-refractivity contribution in [2.24, 2.45) is 5.73 Å². The van der Waals surface area contributed by atoms with Gasteiger partial charge in [0.1, 0.15) is 0 Å². The first-order chi connectivity index (χ1) is 6.93. The molecule has 82 valence electrons. The zero-order valence-electron chi connectivity index (χ0n) is 9.32. The zero-order chi connectivity index (χ0) is 11.5. The molecule has 1 aromatic heterocycles. The van der Waals surface area contributed by atoms with Crippen molar-refractivity contribution in [3.8, 4) is 0 Å². The van der Waals surface area contributed by atoms with Gasteiger partial charge in [0.25, 0.3) is 5.91 Å². The molecule has 15 heavy (non-hydrogen) atoms. The van der Waals surface area contributed by atoms with Gasteiger partial charge in [-0.15, -0.1) is 0 Å². The van der Waals surface area contributed by atoms with Crippen molar-refractivity contribution in [3.05, 3.63) is 30.1 Å². The predicted molar refractivity (Wildman–Crippen MR) is 59.4 cm³/mol. The highest BCUT2D eigenvalue weighted by molar-refractivity contribution is 5.94. The second-order valence-corrected chi connectivity index (χ2v) is 4.21. The Morgan fingerprint density at radius 3 is 2.73 bits per heavy atom. The molecule has 0 saturated carbocycles. The van der Waals surface area contributed by atoms with Gasteiger partial charge in [0.15, 0.2) is 0 Å². The molecule has 1 rings (SSSR count). The molecule has 0 spiro atoms. The number of hydrogen-bond donors (Lipinski definition) is 2. The number of pyridine rings is 1. The molecule has 1 amide bonds. The summed E-state index contributed by atoms with van der Waals surface area (Å²) in [6.45, 7) is 5.65. The van der Waals surface area contributed by atoms with Gasteiger partial charge in [-0.25, -0.2) is 0 Å². The summed E-state index contributed by atoms with van der Waals surface area (Å²) in [5, 5.41) is 2.87. The normalized spacial score (nSPS) is 13.3. The van der Waals surface area contributed by atoms with E-state index in [4.69, 9.17) is 5.73 Å². The molecule has 1 heterocycles. The average molecular weight is 207 g/mol. The number of nitrogens with zero attached hydrogens (tertiary/aromatic N) is 1. The van der Waals surface area contributed by atoms with E-state index in [1.54, 1.807) is 18.3 Å². The van der Waals surface area contributed by atoms with Gasteiger partial charge >= 0.3 is 0 Å². The van der Waals surface area contributed by atoms with E-state index in [0.29, 0.717) is 5.56 Å². The van der Waals surface area contributed by atoms with Crippen LogP contribution in [0, 0.1) is 0 Å². The van der Waals surface area contributed by atoms with E-state index in [-0.39, 0.29) is 11.9 Å². The summed E-state index contributed by atoms with van der Waals surface area (Å²) in [7, 11) is 0. The fourth-order valence-corrected chi connectivity index (χ4v) is 0.976. The molecule has 4 heteroatoms. The minimum absolute atomic E-state index is 0.113. The Morgan fingerprint density at radius 1 is 1.60 bits per heavy atom. The number of rotatable bonds is 3. The number of carbonyl (C=O) groups is 1. The van der Waals surface area contributed by atoms with E-state index in [9.17, 15) is 4.79 Å². The molecule has 4 nitrogen and oxygen atoms in total. The van der Waals surface area contributed by atoms with Gasteiger partial charge in [-0.1, -0.05) is 0 Å². The van der Waals surface area contributed by atoms with E-state index in [1.807, 2.05) is 20.8 Å². The van der Waals surface area contributed by atoms with Crippen LogP contribution in [0.1, 0.15) is 31.1 Å². The lowest BCUT2D eigenvalue weighted by Gasteiger charge is -2.30. The van der Waals surface area contributed by atoms with Gasteiger partial charge in [-0.2, -0.15) is 0 Å². The van der Waals surface area contributed by atoms with Gasteiger partial charge < -0.3 is 11.1 Å². The van der Waals surface area contributed by atoms with Gasteiger partial charge in [-0.05, 0) is 32.9 Å². The Balaban J connectivity index is 2.73. The van der Waals surface area contributed by atoms with Crippen LogP contribution < -0.4 is 11.1 Å². The summed E-state index contributed by atoms with van der Waals surface area (Å²) in [5.41, 5.74) is 5.89.